The van der Waals surface area contributed by atoms with E-state index in [0.29, 0.717) is 24.0 Å². The summed E-state index contributed by atoms with van der Waals surface area (Å²) in [7, 11) is 0. The molecule has 2 nitrogen and oxygen atoms in total. The van der Waals surface area contributed by atoms with Crippen molar-refractivity contribution in [1.82, 2.24) is 4.90 Å². The first-order valence-electron chi connectivity index (χ1n) is 6.02. The number of aliphatic hydroxyl groups excluding tert-OH is 1. The van der Waals surface area contributed by atoms with E-state index in [2.05, 4.69) is 18.7 Å². The first kappa shape index (κ1) is 10.4. The quantitative estimate of drug-likeness (QED) is 0.746. The Labute approximate surface area is 87.3 Å². The van der Waals surface area contributed by atoms with Crippen LogP contribution in [0, 0.1) is 11.3 Å². The van der Waals surface area contributed by atoms with Gasteiger partial charge in [0, 0.05) is 25.7 Å². The summed E-state index contributed by atoms with van der Waals surface area (Å²) < 4.78 is 0. The van der Waals surface area contributed by atoms with Gasteiger partial charge in [-0.05, 0) is 31.1 Å². The molecule has 1 aliphatic carbocycles. The van der Waals surface area contributed by atoms with Gasteiger partial charge in [-0.1, -0.05) is 19.8 Å². The molecule has 0 aromatic rings. The minimum Gasteiger partial charge on any atom is -0.396 e. The molecule has 82 valence electrons. The normalized spacial score (nSPS) is 30.2. The standard InChI is InChI=1S/C12H23NO/c1-10(7-14)11(2)13-8-12(9-13)5-3-4-6-12/h10-11,14H,3-9H2,1-2H3. The summed E-state index contributed by atoms with van der Waals surface area (Å²) in [6, 6.07) is 0.561. The lowest BCUT2D eigenvalue weighted by molar-refractivity contribution is -0.0427. The lowest BCUT2D eigenvalue weighted by Gasteiger charge is -2.52. The van der Waals surface area contributed by atoms with Crippen molar-refractivity contribution >= 4 is 0 Å². The lowest BCUT2D eigenvalue weighted by Crippen LogP contribution is -2.59. The van der Waals surface area contributed by atoms with E-state index in [1.165, 1.54) is 38.8 Å². The molecule has 2 aliphatic rings. The summed E-state index contributed by atoms with van der Waals surface area (Å²) in [4.78, 5) is 2.55. The van der Waals surface area contributed by atoms with Gasteiger partial charge in [-0.25, -0.2) is 0 Å². The maximum Gasteiger partial charge on any atom is 0.0471 e. The average molecular weight is 197 g/mol. The third kappa shape index (κ3) is 1.70. The Morgan fingerprint density at radius 1 is 1.21 bits per heavy atom. The fourth-order valence-corrected chi connectivity index (χ4v) is 3.06. The Hall–Kier alpha value is -0.0800. The highest BCUT2D eigenvalue weighted by molar-refractivity contribution is 4.99. The predicted molar refractivity (Wildman–Crippen MR) is 58.2 cm³/mol. The second-order valence-corrected chi connectivity index (χ2v) is 5.51. The van der Waals surface area contributed by atoms with Gasteiger partial charge in [0.1, 0.15) is 0 Å². The molecule has 1 spiro atoms. The van der Waals surface area contributed by atoms with E-state index in [4.69, 9.17) is 5.11 Å². The summed E-state index contributed by atoms with van der Waals surface area (Å²) in [5.41, 5.74) is 0.698. The number of rotatable bonds is 3. The fourth-order valence-electron chi connectivity index (χ4n) is 3.06. The van der Waals surface area contributed by atoms with Crippen LogP contribution in [0.4, 0.5) is 0 Å². The molecule has 0 radical (unpaired) electrons. The van der Waals surface area contributed by atoms with E-state index in [1.54, 1.807) is 0 Å². The summed E-state index contributed by atoms with van der Waals surface area (Å²) in [6.07, 6.45) is 5.78. The number of likely N-dealkylation sites (tertiary alicyclic amines) is 1. The smallest absolute Gasteiger partial charge is 0.0471 e. The highest BCUT2D eigenvalue weighted by atomic mass is 16.3. The molecule has 0 aromatic heterocycles. The van der Waals surface area contributed by atoms with Gasteiger partial charge in [0.15, 0.2) is 0 Å². The number of nitrogens with zero attached hydrogens (tertiary/aromatic N) is 1. The molecule has 0 bridgehead atoms. The molecule has 2 unspecified atom stereocenters. The van der Waals surface area contributed by atoms with Gasteiger partial charge in [0.05, 0.1) is 0 Å². The topological polar surface area (TPSA) is 23.5 Å². The van der Waals surface area contributed by atoms with Crippen LogP contribution in [-0.4, -0.2) is 35.7 Å². The van der Waals surface area contributed by atoms with Gasteiger partial charge in [-0.15, -0.1) is 0 Å². The van der Waals surface area contributed by atoms with Crippen molar-refractivity contribution in [2.45, 2.75) is 45.6 Å². The molecular formula is C12H23NO. The molecule has 2 fully saturated rings. The Bertz CT molecular complexity index is 190. The van der Waals surface area contributed by atoms with Crippen LogP contribution in [0.5, 0.6) is 0 Å². The minimum absolute atomic E-state index is 0.324. The predicted octanol–water partition coefficient (Wildman–Crippen LogP) is 1.88. The molecule has 0 aromatic carbocycles. The Morgan fingerprint density at radius 3 is 2.29 bits per heavy atom. The average Bonchev–Trinajstić information content (AvgIpc) is 2.61. The van der Waals surface area contributed by atoms with Gasteiger partial charge in [-0.3, -0.25) is 4.90 Å². The molecule has 2 rings (SSSR count). The van der Waals surface area contributed by atoms with Crippen molar-refractivity contribution in [1.29, 1.82) is 0 Å². The summed E-state index contributed by atoms with van der Waals surface area (Å²) >= 11 is 0. The van der Waals surface area contributed by atoms with Crippen molar-refractivity contribution in [2.75, 3.05) is 19.7 Å². The summed E-state index contributed by atoms with van der Waals surface area (Å²) in [5, 5.41) is 9.10. The van der Waals surface area contributed by atoms with Crippen LogP contribution in [0.25, 0.3) is 0 Å². The molecule has 0 amide bonds. The van der Waals surface area contributed by atoms with Gasteiger partial charge in [0.25, 0.3) is 0 Å². The van der Waals surface area contributed by atoms with Crippen LogP contribution in [0.2, 0.25) is 0 Å². The van der Waals surface area contributed by atoms with Gasteiger partial charge in [-0.2, -0.15) is 0 Å². The van der Waals surface area contributed by atoms with Crippen LogP contribution in [0.1, 0.15) is 39.5 Å². The molecule has 1 aliphatic heterocycles. The first-order valence-corrected chi connectivity index (χ1v) is 6.02. The Balaban J connectivity index is 1.81. The SMILES string of the molecule is CC(CO)C(C)N1CC2(CCCC2)C1. The van der Waals surface area contributed by atoms with Crippen molar-refractivity contribution in [2.24, 2.45) is 11.3 Å². The van der Waals surface area contributed by atoms with E-state index in [-0.39, 0.29) is 0 Å². The van der Waals surface area contributed by atoms with Crippen LogP contribution in [0.3, 0.4) is 0 Å². The zero-order valence-corrected chi connectivity index (χ0v) is 9.50. The van der Waals surface area contributed by atoms with E-state index in [0.717, 1.165) is 0 Å². The monoisotopic (exact) mass is 197 g/mol. The zero-order chi connectivity index (χ0) is 10.2. The van der Waals surface area contributed by atoms with Gasteiger partial charge >= 0.3 is 0 Å². The minimum atomic E-state index is 0.324. The van der Waals surface area contributed by atoms with Crippen LogP contribution < -0.4 is 0 Å². The number of hydrogen-bond donors (Lipinski definition) is 1. The molecule has 2 atom stereocenters. The molecular weight excluding hydrogens is 174 g/mol. The fraction of sp³-hybridized carbons (Fsp3) is 1.00. The molecule has 2 heteroatoms. The van der Waals surface area contributed by atoms with Crippen LogP contribution >= 0.6 is 0 Å². The number of aliphatic hydroxyl groups is 1. The van der Waals surface area contributed by atoms with E-state index < -0.39 is 0 Å². The molecule has 1 heterocycles. The van der Waals surface area contributed by atoms with Crippen molar-refractivity contribution in [3.05, 3.63) is 0 Å². The van der Waals surface area contributed by atoms with E-state index in [9.17, 15) is 0 Å². The molecule has 1 saturated carbocycles. The molecule has 14 heavy (non-hydrogen) atoms. The van der Waals surface area contributed by atoms with Gasteiger partial charge in [0.2, 0.25) is 0 Å². The Morgan fingerprint density at radius 2 is 1.79 bits per heavy atom. The summed E-state index contributed by atoms with van der Waals surface area (Å²) in [5.74, 6) is 0.425. The number of hydrogen-bond acceptors (Lipinski definition) is 2. The highest BCUT2D eigenvalue weighted by Gasteiger charge is 2.46. The summed E-state index contributed by atoms with van der Waals surface area (Å²) in [6.45, 7) is 7.30. The van der Waals surface area contributed by atoms with Crippen molar-refractivity contribution in [3.63, 3.8) is 0 Å². The van der Waals surface area contributed by atoms with E-state index in [1.807, 2.05) is 0 Å². The first-order chi connectivity index (χ1) is 6.67. The molecule has 1 N–H and O–H groups in total. The highest BCUT2D eigenvalue weighted by Crippen LogP contribution is 2.46. The second-order valence-electron chi connectivity index (χ2n) is 5.51. The zero-order valence-electron chi connectivity index (χ0n) is 9.50. The molecule has 1 saturated heterocycles. The Kier molecular flexibility index (Phi) is 2.85. The van der Waals surface area contributed by atoms with Gasteiger partial charge < -0.3 is 5.11 Å². The largest absolute Gasteiger partial charge is 0.396 e. The maximum atomic E-state index is 9.10. The van der Waals surface area contributed by atoms with Crippen LogP contribution in [0.15, 0.2) is 0 Å². The third-order valence-electron chi connectivity index (χ3n) is 4.43. The second kappa shape index (κ2) is 3.82. The van der Waals surface area contributed by atoms with Crippen LogP contribution in [-0.2, 0) is 0 Å². The third-order valence-corrected chi connectivity index (χ3v) is 4.43. The lowest BCUT2D eigenvalue weighted by atomic mass is 9.76. The maximum absolute atomic E-state index is 9.10. The van der Waals surface area contributed by atoms with Crippen molar-refractivity contribution < 1.29 is 5.11 Å². The van der Waals surface area contributed by atoms with E-state index >= 15 is 0 Å². The van der Waals surface area contributed by atoms with Crippen molar-refractivity contribution in [3.8, 4) is 0 Å².